The molecule has 0 aliphatic heterocycles. The molecule has 0 heterocycles. The summed E-state index contributed by atoms with van der Waals surface area (Å²) in [5.41, 5.74) is 1.15. The summed E-state index contributed by atoms with van der Waals surface area (Å²) in [6.07, 6.45) is 15.7. The van der Waals surface area contributed by atoms with Gasteiger partial charge in [0.1, 0.15) is 5.75 Å². The van der Waals surface area contributed by atoms with Crippen molar-refractivity contribution in [1.82, 2.24) is 0 Å². The molecule has 0 fully saturated rings. The zero-order valence-corrected chi connectivity index (χ0v) is 14.5. The van der Waals surface area contributed by atoms with Gasteiger partial charge in [0, 0.05) is 12.8 Å². The van der Waals surface area contributed by atoms with E-state index in [1.54, 1.807) is 7.11 Å². The first kappa shape index (κ1) is 18.7. The van der Waals surface area contributed by atoms with Crippen LogP contribution in [0, 0.1) is 0 Å². The lowest BCUT2D eigenvalue weighted by Crippen LogP contribution is -1.87. The Hall–Kier alpha value is -1.31. The van der Waals surface area contributed by atoms with Gasteiger partial charge in [-0.15, -0.1) is 0 Å². The first-order valence-corrected chi connectivity index (χ1v) is 9.00. The summed E-state index contributed by atoms with van der Waals surface area (Å²) in [6, 6.07) is 8.03. The van der Waals surface area contributed by atoms with Gasteiger partial charge in [-0.3, -0.25) is 4.99 Å². The van der Waals surface area contributed by atoms with Crippen LogP contribution in [-0.2, 0) is 0 Å². The SMILES string of the molecule is CCCCCCCCCCCCN=Cc1ccc(OC)cc1. The van der Waals surface area contributed by atoms with E-state index in [4.69, 9.17) is 4.74 Å². The van der Waals surface area contributed by atoms with Crippen molar-refractivity contribution < 1.29 is 4.74 Å². The summed E-state index contributed by atoms with van der Waals surface area (Å²) in [7, 11) is 1.69. The zero-order chi connectivity index (χ0) is 15.9. The minimum absolute atomic E-state index is 0.895. The Labute approximate surface area is 137 Å². The van der Waals surface area contributed by atoms with Gasteiger partial charge in [0.05, 0.1) is 7.11 Å². The topological polar surface area (TPSA) is 21.6 Å². The van der Waals surface area contributed by atoms with Crippen LogP contribution in [0.15, 0.2) is 29.3 Å². The van der Waals surface area contributed by atoms with Crippen molar-refractivity contribution in [3.05, 3.63) is 29.8 Å². The molecule has 0 aliphatic carbocycles. The predicted octanol–water partition coefficient (Wildman–Crippen LogP) is 6.04. The Morgan fingerprint density at radius 3 is 1.91 bits per heavy atom. The number of aliphatic imine (C=N–C) groups is 1. The van der Waals surface area contributed by atoms with E-state index >= 15 is 0 Å². The Kier molecular flexibility index (Phi) is 11.4. The molecular formula is C20H33NO. The number of ether oxygens (including phenoxy) is 1. The number of hydrogen-bond acceptors (Lipinski definition) is 2. The molecule has 0 unspecified atom stereocenters. The number of unbranched alkanes of at least 4 members (excludes halogenated alkanes) is 9. The molecule has 2 heteroatoms. The summed E-state index contributed by atoms with van der Waals surface area (Å²) in [6.45, 7) is 3.22. The number of methoxy groups -OCH3 is 1. The second kappa shape index (κ2) is 13.4. The molecular weight excluding hydrogens is 270 g/mol. The maximum absolute atomic E-state index is 5.14. The van der Waals surface area contributed by atoms with Gasteiger partial charge in [-0.05, 0) is 36.2 Å². The molecule has 0 spiro atoms. The average molecular weight is 303 g/mol. The first-order valence-electron chi connectivity index (χ1n) is 9.00. The third-order valence-electron chi connectivity index (χ3n) is 4.00. The normalized spacial score (nSPS) is 11.2. The average Bonchev–Trinajstić information content (AvgIpc) is 2.56. The molecule has 0 aromatic heterocycles. The van der Waals surface area contributed by atoms with Gasteiger partial charge in [0.15, 0.2) is 0 Å². The van der Waals surface area contributed by atoms with Crippen molar-refractivity contribution in [2.24, 2.45) is 4.99 Å². The maximum Gasteiger partial charge on any atom is 0.118 e. The largest absolute Gasteiger partial charge is 0.497 e. The van der Waals surface area contributed by atoms with Crippen LogP contribution < -0.4 is 4.74 Å². The highest BCUT2D eigenvalue weighted by Gasteiger charge is 1.93. The molecule has 22 heavy (non-hydrogen) atoms. The molecule has 124 valence electrons. The maximum atomic E-state index is 5.14. The molecule has 0 saturated heterocycles. The van der Waals surface area contributed by atoms with Crippen LogP contribution in [0.25, 0.3) is 0 Å². The van der Waals surface area contributed by atoms with E-state index in [-0.39, 0.29) is 0 Å². The molecule has 0 aliphatic rings. The van der Waals surface area contributed by atoms with Crippen LogP contribution in [0.3, 0.4) is 0 Å². The number of benzene rings is 1. The third-order valence-corrected chi connectivity index (χ3v) is 4.00. The standard InChI is InChI=1S/C20H33NO/c1-3-4-5-6-7-8-9-10-11-12-17-21-18-19-13-15-20(22-2)16-14-19/h13-16,18H,3-12,17H2,1-2H3. The fraction of sp³-hybridized carbons (Fsp3) is 0.650. The highest BCUT2D eigenvalue weighted by molar-refractivity contribution is 5.79. The zero-order valence-electron chi connectivity index (χ0n) is 14.5. The van der Waals surface area contributed by atoms with Gasteiger partial charge in [-0.2, -0.15) is 0 Å². The van der Waals surface area contributed by atoms with E-state index in [1.807, 2.05) is 30.5 Å². The van der Waals surface area contributed by atoms with Gasteiger partial charge in [-0.25, -0.2) is 0 Å². The van der Waals surface area contributed by atoms with E-state index < -0.39 is 0 Å². The lowest BCUT2D eigenvalue weighted by molar-refractivity contribution is 0.415. The summed E-state index contributed by atoms with van der Waals surface area (Å²) >= 11 is 0. The van der Waals surface area contributed by atoms with Gasteiger partial charge >= 0.3 is 0 Å². The number of rotatable bonds is 13. The van der Waals surface area contributed by atoms with Crippen LogP contribution in [0.1, 0.15) is 76.7 Å². The van der Waals surface area contributed by atoms with E-state index in [0.29, 0.717) is 0 Å². The van der Waals surface area contributed by atoms with Crippen molar-refractivity contribution in [2.45, 2.75) is 71.1 Å². The first-order chi connectivity index (χ1) is 10.9. The summed E-state index contributed by atoms with van der Waals surface area (Å²) in [5.74, 6) is 0.895. The van der Waals surface area contributed by atoms with E-state index in [9.17, 15) is 0 Å². The van der Waals surface area contributed by atoms with Crippen molar-refractivity contribution in [1.29, 1.82) is 0 Å². The summed E-state index contributed by atoms with van der Waals surface area (Å²) in [4.78, 5) is 4.50. The minimum Gasteiger partial charge on any atom is -0.497 e. The molecule has 1 rings (SSSR count). The highest BCUT2D eigenvalue weighted by Crippen LogP contribution is 2.11. The Morgan fingerprint density at radius 2 is 1.36 bits per heavy atom. The van der Waals surface area contributed by atoms with E-state index in [1.165, 1.54) is 64.2 Å². The Balaban J connectivity index is 1.93. The van der Waals surface area contributed by atoms with E-state index in [0.717, 1.165) is 17.9 Å². The van der Waals surface area contributed by atoms with Crippen molar-refractivity contribution in [2.75, 3.05) is 13.7 Å². The number of hydrogen-bond donors (Lipinski definition) is 0. The van der Waals surface area contributed by atoms with Crippen molar-refractivity contribution in [3.63, 3.8) is 0 Å². The van der Waals surface area contributed by atoms with Crippen LogP contribution in [0.2, 0.25) is 0 Å². The monoisotopic (exact) mass is 303 g/mol. The lowest BCUT2D eigenvalue weighted by Gasteiger charge is -2.01. The summed E-state index contributed by atoms with van der Waals surface area (Å²) < 4.78 is 5.14. The fourth-order valence-electron chi connectivity index (χ4n) is 2.55. The van der Waals surface area contributed by atoms with Crippen LogP contribution in [-0.4, -0.2) is 19.9 Å². The Morgan fingerprint density at radius 1 is 0.818 bits per heavy atom. The third kappa shape index (κ3) is 9.59. The highest BCUT2D eigenvalue weighted by atomic mass is 16.5. The van der Waals surface area contributed by atoms with Gasteiger partial charge in [0.25, 0.3) is 0 Å². The van der Waals surface area contributed by atoms with Gasteiger partial charge < -0.3 is 4.74 Å². The molecule has 0 radical (unpaired) electrons. The smallest absolute Gasteiger partial charge is 0.118 e. The van der Waals surface area contributed by atoms with Crippen molar-refractivity contribution >= 4 is 6.21 Å². The molecule has 0 bridgehead atoms. The Bertz CT molecular complexity index is 383. The molecule has 1 aromatic carbocycles. The van der Waals surface area contributed by atoms with Gasteiger partial charge in [0.2, 0.25) is 0 Å². The predicted molar refractivity (Wildman–Crippen MR) is 97.3 cm³/mol. The van der Waals surface area contributed by atoms with Gasteiger partial charge in [-0.1, -0.05) is 64.7 Å². The van der Waals surface area contributed by atoms with Crippen molar-refractivity contribution in [3.8, 4) is 5.75 Å². The second-order valence-corrected chi connectivity index (χ2v) is 5.99. The number of nitrogens with zero attached hydrogens (tertiary/aromatic N) is 1. The molecule has 2 nitrogen and oxygen atoms in total. The molecule has 0 N–H and O–H groups in total. The van der Waals surface area contributed by atoms with Crippen LogP contribution in [0.4, 0.5) is 0 Å². The minimum atomic E-state index is 0.895. The second-order valence-electron chi connectivity index (χ2n) is 5.99. The lowest BCUT2D eigenvalue weighted by atomic mass is 10.1. The fourth-order valence-corrected chi connectivity index (χ4v) is 2.55. The van der Waals surface area contributed by atoms with E-state index in [2.05, 4.69) is 11.9 Å². The molecule has 0 saturated carbocycles. The summed E-state index contributed by atoms with van der Waals surface area (Å²) in [5, 5.41) is 0. The molecule has 0 amide bonds. The van der Waals surface area contributed by atoms with Crippen LogP contribution >= 0.6 is 0 Å². The molecule has 0 atom stereocenters. The van der Waals surface area contributed by atoms with Crippen LogP contribution in [0.5, 0.6) is 5.75 Å². The molecule has 1 aromatic rings. The quantitative estimate of drug-likeness (QED) is 0.322.